The van der Waals surface area contributed by atoms with Gasteiger partial charge in [-0.25, -0.2) is 17.5 Å². The molecule has 1 heterocycles. The number of nitrogens with zero attached hydrogens (tertiary/aromatic N) is 1. The second-order valence-electron chi connectivity index (χ2n) is 8.21. The summed E-state index contributed by atoms with van der Waals surface area (Å²) in [6, 6.07) is 12.7. The van der Waals surface area contributed by atoms with E-state index >= 15 is 0 Å². The molecular formula is C23H28FN3O4S. The van der Waals surface area contributed by atoms with Crippen molar-refractivity contribution in [3.63, 3.8) is 0 Å². The molecule has 0 aliphatic carbocycles. The Morgan fingerprint density at radius 2 is 1.59 bits per heavy atom. The number of carbonyl (C=O) groups excluding carboxylic acids is 2. The van der Waals surface area contributed by atoms with Gasteiger partial charge >= 0.3 is 0 Å². The van der Waals surface area contributed by atoms with Crippen molar-refractivity contribution in [3.8, 4) is 0 Å². The van der Waals surface area contributed by atoms with E-state index in [9.17, 15) is 22.4 Å². The van der Waals surface area contributed by atoms with Crippen LogP contribution in [0.5, 0.6) is 0 Å². The molecule has 1 saturated heterocycles. The lowest BCUT2D eigenvalue weighted by molar-refractivity contribution is -0.135. The van der Waals surface area contributed by atoms with E-state index in [-0.39, 0.29) is 28.3 Å². The van der Waals surface area contributed by atoms with Gasteiger partial charge in [0.05, 0.1) is 10.5 Å². The van der Waals surface area contributed by atoms with E-state index < -0.39 is 27.8 Å². The number of likely N-dealkylation sites (tertiary alicyclic amines) is 1. The minimum atomic E-state index is -3.62. The van der Waals surface area contributed by atoms with Gasteiger partial charge < -0.3 is 10.2 Å². The smallest absolute Gasteiger partial charge is 0.254 e. The summed E-state index contributed by atoms with van der Waals surface area (Å²) < 4.78 is 41.7. The molecule has 2 aromatic rings. The number of halogens is 1. The molecule has 1 fully saturated rings. The summed E-state index contributed by atoms with van der Waals surface area (Å²) in [5.74, 6) is -1.74. The molecule has 0 spiro atoms. The molecule has 1 aliphatic rings. The maximum absolute atomic E-state index is 13.9. The lowest BCUT2D eigenvalue weighted by Gasteiger charge is -2.35. The molecule has 9 heteroatoms. The fraction of sp³-hybridized carbons (Fsp3) is 0.391. The summed E-state index contributed by atoms with van der Waals surface area (Å²) in [7, 11) is -3.62. The lowest BCUT2D eigenvalue weighted by atomic mass is 9.99. The van der Waals surface area contributed by atoms with E-state index in [0.29, 0.717) is 25.9 Å². The first kappa shape index (κ1) is 23.9. The van der Waals surface area contributed by atoms with Gasteiger partial charge in [-0.1, -0.05) is 44.2 Å². The molecule has 2 amide bonds. The second-order valence-corrected chi connectivity index (χ2v) is 9.92. The van der Waals surface area contributed by atoms with Crippen LogP contribution in [0.15, 0.2) is 59.5 Å². The first-order chi connectivity index (χ1) is 15.2. The van der Waals surface area contributed by atoms with Crippen LogP contribution in [0.4, 0.5) is 4.39 Å². The second kappa shape index (κ2) is 10.2. The van der Waals surface area contributed by atoms with Crippen LogP contribution in [-0.4, -0.2) is 50.3 Å². The van der Waals surface area contributed by atoms with Gasteiger partial charge in [-0.2, -0.15) is 0 Å². The number of nitrogens with one attached hydrogen (secondary N) is 2. The lowest BCUT2D eigenvalue weighted by Crippen LogP contribution is -2.54. The minimum Gasteiger partial charge on any atom is -0.341 e. The van der Waals surface area contributed by atoms with E-state index in [0.717, 1.165) is 0 Å². The summed E-state index contributed by atoms with van der Waals surface area (Å²) in [5.41, 5.74) is -0.111. The van der Waals surface area contributed by atoms with Gasteiger partial charge in [-0.3, -0.25) is 9.59 Å². The van der Waals surface area contributed by atoms with Crippen LogP contribution in [0.3, 0.4) is 0 Å². The number of hydrogen-bond donors (Lipinski definition) is 2. The van der Waals surface area contributed by atoms with Gasteiger partial charge in [-0.15, -0.1) is 0 Å². The maximum Gasteiger partial charge on any atom is 0.254 e. The topological polar surface area (TPSA) is 95.6 Å². The number of piperidine rings is 1. The standard InChI is InChI=1S/C23H28FN3O4S/c1-16(2)21(25-22(28)19-10-6-7-11-20(19)24)23(29)27-14-12-17(13-15-27)26-32(30,31)18-8-4-3-5-9-18/h3-11,16-17,21,26H,12-15H2,1-2H3,(H,25,28). The Morgan fingerprint density at radius 3 is 2.19 bits per heavy atom. The van der Waals surface area contributed by atoms with Gasteiger partial charge in [0.15, 0.2) is 0 Å². The summed E-state index contributed by atoms with van der Waals surface area (Å²) in [6.45, 7) is 4.34. The first-order valence-corrected chi connectivity index (χ1v) is 12.1. The Labute approximate surface area is 188 Å². The normalized spacial score (nSPS) is 16.1. The molecule has 0 radical (unpaired) electrons. The first-order valence-electron chi connectivity index (χ1n) is 10.6. The monoisotopic (exact) mass is 461 g/mol. The van der Waals surface area contributed by atoms with E-state index in [2.05, 4.69) is 10.0 Å². The van der Waals surface area contributed by atoms with Crippen LogP contribution in [0.2, 0.25) is 0 Å². The van der Waals surface area contributed by atoms with Crippen molar-refractivity contribution in [1.82, 2.24) is 14.9 Å². The zero-order chi connectivity index (χ0) is 23.3. The predicted molar refractivity (Wildman–Crippen MR) is 119 cm³/mol. The van der Waals surface area contributed by atoms with Gasteiger partial charge in [0.25, 0.3) is 5.91 Å². The van der Waals surface area contributed by atoms with Gasteiger partial charge in [0, 0.05) is 19.1 Å². The maximum atomic E-state index is 13.9. The van der Waals surface area contributed by atoms with Crippen LogP contribution >= 0.6 is 0 Å². The van der Waals surface area contributed by atoms with Gasteiger partial charge in [0.2, 0.25) is 15.9 Å². The quantitative estimate of drug-likeness (QED) is 0.663. The molecule has 2 N–H and O–H groups in total. The Morgan fingerprint density at radius 1 is 1.00 bits per heavy atom. The van der Waals surface area contributed by atoms with Crippen LogP contribution in [-0.2, 0) is 14.8 Å². The summed E-state index contributed by atoms with van der Waals surface area (Å²) in [4.78, 5) is 27.4. The largest absolute Gasteiger partial charge is 0.341 e. The van der Waals surface area contributed by atoms with E-state index in [1.807, 2.05) is 13.8 Å². The molecule has 0 aromatic heterocycles. The van der Waals surface area contributed by atoms with Crippen molar-refractivity contribution in [3.05, 3.63) is 66.0 Å². The third-order valence-corrected chi connectivity index (χ3v) is 7.06. The SMILES string of the molecule is CC(C)C(NC(=O)c1ccccc1F)C(=O)N1CCC(NS(=O)(=O)c2ccccc2)CC1. The highest BCUT2D eigenvalue weighted by Crippen LogP contribution is 2.18. The summed E-state index contributed by atoms with van der Waals surface area (Å²) in [6.07, 6.45) is 0.924. The van der Waals surface area contributed by atoms with Crippen LogP contribution in [0.25, 0.3) is 0 Å². The van der Waals surface area contributed by atoms with E-state index in [1.54, 1.807) is 29.2 Å². The Bertz CT molecular complexity index is 1050. The number of amides is 2. The average Bonchev–Trinajstić information content (AvgIpc) is 2.78. The molecule has 1 aliphatic heterocycles. The Hall–Kier alpha value is -2.78. The third kappa shape index (κ3) is 5.72. The number of rotatable bonds is 7. The predicted octanol–water partition coefficient (Wildman–Crippen LogP) is 2.55. The molecule has 7 nitrogen and oxygen atoms in total. The van der Waals surface area contributed by atoms with Crippen molar-refractivity contribution < 1.29 is 22.4 Å². The number of carbonyl (C=O) groups is 2. The fourth-order valence-corrected chi connectivity index (χ4v) is 5.01. The van der Waals surface area contributed by atoms with Gasteiger partial charge in [-0.05, 0) is 43.0 Å². The van der Waals surface area contributed by atoms with Crippen LogP contribution in [0, 0.1) is 11.7 Å². The van der Waals surface area contributed by atoms with Crippen molar-refractivity contribution in [2.75, 3.05) is 13.1 Å². The molecule has 172 valence electrons. The highest BCUT2D eigenvalue weighted by Gasteiger charge is 2.33. The third-order valence-electron chi connectivity index (χ3n) is 5.52. The zero-order valence-electron chi connectivity index (χ0n) is 18.1. The molecule has 32 heavy (non-hydrogen) atoms. The fourth-order valence-electron chi connectivity index (χ4n) is 3.68. The van der Waals surface area contributed by atoms with Crippen LogP contribution in [0.1, 0.15) is 37.0 Å². The number of hydrogen-bond acceptors (Lipinski definition) is 4. The highest BCUT2D eigenvalue weighted by molar-refractivity contribution is 7.89. The Kier molecular flexibility index (Phi) is 7.63. The van der Waals surface area contributed by atoms with Crippen LogP contribution < -0.4 is 10.0 Å². The number of benzene rings is 2. The van der Waals surface area contributed by atoms with Crippen molar-refractivity contribution in [2.45, 2.75) is 43.7 Å². The molecule has 1 unspecified atom stereocenters. The highest BCUT2D eigenvalue weighted by atomic mass is 32.2. The van der Waals surface area contributed by atoms with E-state index in [4.69, 9.17) is 0 Å². The molecule has 1 atom stereocenters. The van der Waals surface area contributed by atoms with Gasteiger partial charge in [0.1, 0.15) is 11.9 Å². The van der Waals surface area contributed by atoms with E-state index in [1.165, 1.54) is 30.3 Å². The number of sulfonamides is 1. The molecule has 3 rings (SSSR count). The summed E-state index contributed by atoms with van der Waals surface area (Å²) >= 11 is 0. The van der Waals surface area contributed by atoms with Crippen molar-refractivity contribution >= 4 is 21.8 Å². The summed E-state index contributed by atoms with van der Waals surface area (Å²) in [5, 5.41) is 2.66. The average molecular weight is 462 g/mol. The Balaban J connectivity index is 1.60. The molecule has 2 aromatic carbocycles. The van der Waals surface area contributed by atoms with Crippen molar-refractivity contribution in [1.29, 1.82) is 0 Å². The zero-order valence-corrected chi connectivity index (χ0v) is 18.9. The molecular weight excluding hydrogens is 433 g/mol. The molecule has 0 bridgehead atoms. The minimum absolute atomic E-state index is 0.111. The molecule has 0 saturated carbocycles. The van der Waals surface area contributed by atoms with Crippen molar-refractivity contribution in [2.24, 2.45) is 5.92 Å².